The molecule has 4 aromatic carbocycles. The summed E-state index contributed by atoms with van der Waals surface area (Å²) in [5, 5.41) is 6.89. The molecule has 0 unspecified atom stereocenters. The molecule has 7 nitrogen and oxygen atoms in total. The average Bonchev–Trinajstić information content (AvgIpc) is 3.35. The minimum Gasteiger partial charge on any atom is -0.490 e. The van der Waals surface area contributed by atoms with Gasteiger partial charge < -0.3 is 13.9 Å². The number of ether oxygens (including phenoxy) is 2. The number of benzene rings is 4. The fourth-order valence-electron chi connectivity index (χ4n) is 3.88. The van der Waals surface area contributed by atoms with E-state index in [0.29, 0.717) is 35.5 Å². The normalized spacial score (nSPS) is 11.3. The number of nitrogens with zero attached hydrogens (tertiary/aromatic N) is 2. The van der Waals surface area contributed by atoms with Crippen LogP contribution in [0, 0.1) is 3.57 Å². The van der Waals surface area contributed by atoms with Crippen molar-refractivity contribution in [3.63, 3.8) is 0 Å². The molecule has 9 heteroatoms. The highest BCUT2D eigenvalue weighted by molar-refractivity contribution is 14.1. The van der Waals surface area contributed by atoms with E-state index in [2.05, 4.69) is 62.4 Å². The van der Waals surface area contributed by atoms with Gasteiger partial charge in [0.2, 0.25) is 0 Å². The number of para-hydroxylation sites is 2. The second-order valence-electron chi connectivity index (χ2n) is 8.22. The Hall–Kier alpha value is -3.57. The molecular formula is C29H24IN3O4S. The summed E-state index contributed by atoms with van der Waals surface area (Å²) in [6, 6.07) is 25.7. The number of thioether (sulfide) groups is 1. The minimum absolute atomic E-state index is 0.132. The molecule has 192 valence electrons. The van der Waals surface area contributed by atoms with E-state index in [-0.39, 0.29) is 11.7 Å². The summed E-state index contributed by atoms with van der Waals surface area (Å²) < 4.78 is 18.6. The van der Waals surface area contributed by atoms with Crippen LogP contribution in [0.25, 0.3) is 21.9 Å². The molecule has 1 heterocycles. The molecule has 0 aliphatic heterocycles. The molecule has 0 spiro atoms. The zero-order valence-electron chi connectivity index (χ0n) is 20.5. The smallest absolute Gasteiger partial charge is 0.257 e. The number of amides is 1. The Morgan fingerprint density at radius 2 is 1.89 bits per heavy atom. The van der Waals surface area contributed by atoms with Gasteiger partial charge in [-0.1, -0.05) is 66.4 Å². The van der Waals surface area contributed by atoms with Crippen LogP contribution in [0.3, 0.4) is 0 Å². The Balaban J connectivity index is 1.22. The first kappa shape index (κ1) is 26.1. The number of hydrazone groups is 1. The summed E-state index contributed by atoms with van der Waals surface area (Å²) in [4.78, 5) is 16.6. The number of hydrogen-bond donors (Lipinski definition) is 1. The summed E-state index contributed by atoms with van der Waals surface area (Å²) in [5.41, 5.74) is 5.89. The van der Waals surface area contributed by atoms with Gasteiger partial charge in [-0.05, 0) is 75.7 Å². The van der Waals surface area contributed by atoms with E-state index in [9.17, 15) is 4.79 Å². The number of rotatable bonds is 10. The Kier molecular flexibility index (Phi) is 8.44. The lowest BCUT2D eigenvalue weighted by Crippen LogP contribution is -2.19. The van der Waals surface area contributed by atoms with Crippen molar-refractivity contribution in [2.45, 2.75) is 18.8 Å². The number of halogens is 1. The van der Waals surface area contributed by atoms with Crippen LogP contribution in [0.1, 0.15) is 18.1 Å². The monoisotopic (exact) mass is 637 g/mol. The van der Waals surface area contributed by atoms with Gasteiger partial charge in [-0.3, -0.25) is 4.79 Å². The Morgan fingerprint density at radius 3 is 2.76 bits per heavy atom. The maximum Gasteiger partial charge on any atom is 0.257 e. The highest BCUT2D eigenvalue weighted by Gasteiger charge is 2.13. The number of nitrogens with one attached hydrogen (secondary N) is 1. The van der Waals surface area contributed by atoms with Gasteiger partial charge in [-0.15, -0.1) is 0 Å². The van der Waals surface area contributed by atoms with E-state index in [0.717, 1.165) is 25.6 Å². The van der Waals surface area contributed by atoms with Gasteiger partial charge in [0.05, 0.1) is 22.1 Å². The Labute approximate surface area is 237 Å². The first-order valence-corrected chi connectivity index (χ1v) is 14.0. The molecule has 0 aliphatic rings. The third-order valence-electron chi connectivity index (χ3n) is 5.59. The average molecular weight is 637 g/mol. The molecule has 0 bridgehead atoms. The number of aromatic nitrogens is 1. The van der Waals surface area contributed by atoms with Crippen LogP contribution in [-0.4, -0.2) is 29.5 Å². The zero-order chi connectivity index (χ0) is 26.3. The van der Waals surface area contributed by atoms with Crippen LogP contribution in [0.4, 0.5) is 0 Å². The molecule has 0 fully saturated rings. The van der Waals surface area contributed by atoms with Crippen molar-refractivity contribution in [3.05, 3.63) is 93.6 Å². The van der Waals surface area contributed by atoms with Crippen molar-refractivity contribution in [3.8, 4) is 11.5 Å². The van der Waals surface area contributed by atoms with Crippen LogP contribution in [0.2, 0.25) is 0 Å². The molecule has 0 saturated carbocycles. The standard InChI is InChI=1S/C29H24IN3O4S/c1-2-35-26-15-19(16-31-33-27(34)18-38-29-32-24-12-5-6-13-25(24)37-29)14-23(30)28(26)36-17-21-10-7-9-20-8-3-4-11-22(20)21/h3-16H,2,17-18H2,1H3,(H,33,34)/b31-16-. The fraction of sp³-hybridized carbons (Fsp3) is 0.138. The van der Waals surface area contributed by atoms with E-state index < -0.39 is 0 Å². The van der Waals surface area contributed by atoms with Crippen molar-refractivity contribution >= 4 is 68.3 Å². The van der Waals surface area contributed by atoms with Crippen molar-refractivity contribution in [1.29, 1.82) is 0 Å². The van der Waals surface area contributed by atoms with E-state index in [1.54, 1.807) is 6.21 Å². The molecule has 0 atom stereocenters. The number of carbonyl (C=O) groups is 1. The summed E-state index contributed by atoms with van der Waals surface area (Å²) in [6.07, 6.45) is 1.58. The Morgan fingerprint density at radius 1 is 1.08 bits per heavy atom. The van der Waals surface area contributed by atoms with E-state index in [1.807, 2.05) is 61.5 Å². The van der Waals surface area contributed by atoms with Gasteiger partial charge in [-0.25, -0.2) is 10.4 Å². The summed E-state index contributed by atoms with van der Waals surface area (Å²) in [6.45, 7) is 2.83. The predicted molar refractivity (Wildman–Crippen MR) is 159 cm³/mol. The van der Waals surface area contributed by atoms with Crippen molar-refractivity contribution in [1.82, 2.24) is 10.4 Å². The van der Waals surface area contributed by atoms with E-state index >= 15 is 0 Å². The maximum absolute atomic E-state index is 12.3. The van der Waals surface area contributed by atoms with Crippen molar-refractivity contribution < 1.29 is 18.7 Å². The van der Waals surface area contributed by atoms with Crippen LogP contribution in [0.5, 0.6) is 11.5 Å². The first-order valence-electron chi connectivity index (χ1n) is 12.0. The molecule has 1 amide bonds. The molecule has 0 saturated heterocycles. The van der Waals surface area contributed by atoms with Crippen LogP contribution in [-0.2, 0) is 11.4 Å². The van der Waals surface area contributed by atoms with Gasteiger partial charge in [0.25, 0.3) is 11.1 Å². The quantitative estimate of drug-likeness (QED) is 0.0785. The maximum atomic E-state index is 12.3. The molecule has 38 heavy (non-hydrogen) atoms. The van der Waals surface area contributed by atoms with Gasteiger partial charge in [0.15, 0.2) is 17.1 Å². The fourth-order valence-corrected chi connectivity index (χ4v) is 5.30. The number of carbonyl (C=O) groups excluding carboxylic acids is 1. The lowest BCUT2D eigenvalue weighted by atomic mass is 10.1. The van der Waals surface area contributed by atoms with Crippen LogP contribution in [0.15, 0.2) is 93.6 Å². The highest BCUT2D eigenvalue weighted by Crippen LogP contribution is 2.35. The lowest BCUT2D eigenvalue weighted by molar-refractivity contribution is -0.118. The molecule has 5 rings (SSSR count). The summed E-state index contributed by atoms with van der Waals surface area (Å²) in [7, 11) is 0. The Bertz CT molecular complexity index is 1580. The van der Waals surface area contributed by atoms with Gasteiger partial charge >= 0.3 is 0 Å². The molecule has 5 aromatic rings. The zero-order valence-corrected chi connectivity index (χ0v) is 23.5. The topological polar surface area (TPSA) is 86.0 Å². The van der Waals surface area contributed by atoms with Crippen molar-refractivity contribution in [2.75, 3.05) is 12.4 Å². The van der Waals surface area contributed by atoms with Gasteiger partial charge in [0, 0.05) is 0 Å². The molecular weight excluding hydrogens is 613 g/mol. The number of fused-ring (bicyclic) bond motifs is 2. The number of hydrogen-bond acceptors (Lipinski definition) is 7. The predicted octanol–water partition coefficient (Wildman–Crippen LogP) is 6.81. The van der Waals surface area contributed by atoms with E-state index in [4.69, 9.17) is 13.9 Å². The molecule has 0 aliphatic carbocycles. The minimum atomic E-state index is -0.261. The highest BCUT2D eigenvalue weighted by atomic mass is 127. The first-order chi connectivity index (χ1) is 18.6. The van der Waals surface area contributed by atoms with Gasteiger partial charge in [0.1, 0.15) is 12.1 Å². The van der Waals surface area contributed by atoms with Gasteiger partial charge in [-0.2, -0.15) is 5.10 Å². The van der Waals surface area contributed by atoms with Crippen LogP contribution >= 0.6 is 34.4 Å². The largest absolute Gasteiger partial charge is 0.490 e. The molecule has 1 N–H and O–H groups in total. The third-order valence-corrected chi connectivity index (χ3v) is 7.22. The van der Waals surface area contributed by atoms with Crippen molar-refractivity contribution in [2.24, 2.45) is 5.10 Å². The lowest BCUT2D eigenvalue weighted by Gasteiger charge is -2.15. The number of oxazole rings is 1. The van der Waals surface area contributed by atoms with Crippen LogP contribution < -0.4 is 14.9 Å². The second kappa shape index (κ2) is 12.3. The molecule has 1 aromatic heterocycles. The molecule has 0 radical (unpaired) electrons. The summed E-state index contributed by atoms with van der Waals surface area (Å²) in [5.74, 6) is 1.17. The van der Waals surface area contributed by atoms with E-state index in [1.165, 1.54) is 17.1 Å². The second-order valence-corrected chi connectivity index (χ2v) is 10.3. The SMILES string of the molecule is CCOc1cc(/C=N\NC(=O)CSc2nc3ccccc3o2)cc(I)c1OCc1cccc2ccccc12. The summed E-state index contributed by atoms with van der Waals surface area (Å²) >= 11 is 3.44. The third kappa shape index (κ3) is 6.28.